The van der Waals surface area contributed by atoms with E-state index in [4.69, 9.17) is 16.3 Å². The average Bonchev–Trinajstić information content (AvgIpc) is 2.99. The summed E-state index contributed by atoms with van der Waals surface area (Å²) in [5.74, 6) is 7.85. The van der Waals surface area contributed by atoms with Crippen molar-refractivity contribution >= 4 is 17.6 Å². The molecule has 1 aromatic rings. The molecule has 19 heavy (non-hydrogen) atoms. The van der Waals surface area contributed by atoms with Gasteiger partial charge < -0.3 is 4.74 Å². The molecule has 0 N–H and O–H groups in total. The maximum atomic E-state index is 11.7. The van der Waals surface area contributed by atoms with Crippen LogP contribution in [0.4, 0.5) is 0 Å². The topological polar surface area (TPSA) is 26.3 Å². The number of benzene rings is 1. The quantitative estimate of drug-likeness (QED) is 0.536. The Labute approximate surface area is 117 Å². The van der Waals surface area contributed by atoms with Crippen molar-refractivity contribution in [3.8, 4) is 11.8 Å². The number of ether oxygens (including phenoxy) is 1. The number of fused-ring (bicyclic) bond motifs is 1. The van der Waals surface area contributed by atoms with Crippen LogP contribution in [0.15, 0.2) is 24.3 Å². The molecule has 5 atom stereocenters. The lowest BCUT2D eigenvalue weighted by atomic mass is 9.82. The third-order valence-corrected chi connectivity index (χ3v) is 4.93. The molecular weight excluding hydrogens is 260 g/mol. The molecule has 2 saturated carbocycles. The molecule has 0 radical (unpaired) electrons. The highest BCUT2D eigenvalue weighted by atomic mass is 35.5. The van der Waals surface area contributed by atoms with Gasteiger partial charge in [0.1, 0.15) is 6.10 Å². The van der Waals surface area contributed by atoms with Crippen molar-refractivity contribution in [2.24, 2.45) is 23.7 Å². The lowest BCUT2D eigenvalue weighted by molar-refractivity contribution is -0.143. The minimum Gasteiger partial charge on any atom is -0.460 e. The molecule has 2 aliphatic carbocycles. The monoisotopic (exact) mass is 272 g/mol. The predicted molar refractivity (Wildman–Crippen MR) is 71.4 cm³/mol. The zero-order chi connectivity index (χ0) is 13.0. The molecule has 1 saturated heterocycles. The minimum atomic E-state index is 0.00422. The number of hydrogen-bond acceptors (Lipinski definition) is 2. The van der Waals surface area contributed by atoms with Gasteiger partial charge in [0, 0.05) is 16.5 Å². The molecule has 96 valence electrons. The lowest BCUT2D eigenvalue weighted by Gasteiger charge is -2.20. The summed E-state index contributed by atoms with van der Waals surface area (Å²) in [6.07, 6.45) is 2.12. The van der Waals surface area contributed by atoms with Crippen molar-refractivity contribution in [1.29, 1.82) is 0 Å². The van der Waals surface area contributed by atoms with Gasteiger partial charge in [-0.1, -0.05) is 29.5 Å². The summed E-state index contributed by atoms with van der Waals surface area (Å²) in [7, 11) is 0. The molecule has 0 amide bonds. The smallest absolute Gasteiger partial charge is 0.309 e. The van der Waals surface area contributed by atoms with Crippen LogP contribution in [0.25, 0.3) is 0 Å². The summed E-state index contributed by atoms with van der Waals surface area (Å²) in [6.45, 7) is 0. The largest absolute Gasteiger partial charge is 0.460 e. The summed E-state index contributed by atoms with van der Waals surface area (Å²) < 4.78 is 5.50. The number of rotatable bonds is 0. The maximum absolute atomic E-state index is 11.7. The van der Waals surface area contributed by atoms with Crippen LogP contribution in [-0.2, 0) is 9.53 Å². The van der Waals surface area contributed by atoms with Crippen molar-refractivity contribution in [2.45, 2.75) is 18.9 Å². The highest BCUT2D eigenvalue weighted by molar-refractivity contribution is 6.30. The zero-order valence-corrected chi connectivity index (χ0v) is 11.1. The first-order valence-electron chi connectivity index (χ1n) is 6.70. The standard InChI is InChI=1S/C16H13ClO2/c17-11-3-1-2-9(6-11)4-5-12-10-7-13-14(8-10)16(18)19-15(12)13/h1-3,6,10,12-15H,7-8H2/t10-,12-,13+,14-,15+/m1/s1. The fourth-order valence-corrected chi connectivity index (χ4v) is 4.08. The Balaban J connectivity index is 1.61. The first-order valence-corrected chi connectivity index (χ1v) is 7.08. The van der Waals surface area contributed by atoms with Gasteiger partial charge in [-0.3, -0.25) is 4.79 Å². The fourth-order valence-electron chi connectivity index (χ4n) is 3.89. The number of esters is 1. The Kier molecular flexibility index (Phi) is 2.40. The first-order chi connectivity index (χ1) is 9.22. The van der Waals surface area contributed by atoms with Crippen molar-refractivity contribution in [3.05, 3.63) is 34.9 Å². The van der Waals surface area contributed by atoms with E-state index in [9.17, 15) is 4.79 Å². The van der Waals surface area contributed by atoms with E-state index >= 15 is 0 Å². The molecule has 3 heteroatoms. The molecule has 1 heterocycles. The van der Waals surface area contributed by atoms with Gasteiger partial charge >= 0.3 is 5.97 Å². The van der Waals surface area contributed by atoms with Gasteiger partial charge in [-0.05, 0) is 37.0 Å². The van der Waals surface area contributed by atoms with Gasteiger partial charge in [0.25, 0.3) is 0 Å². The van der Waals surface area contributed by atoms with Gasteiger partial charge in [0.15, 0.2) is 0 Å². The summed E-state index contributed by atoms with van der Waals surface area (Å²) in [4.78, 5) is 11.7. The van der Waals surface area contributed by atoms with Crippen LogP contribution < -0.4 is 0 Å². The summed E-state index contributed by atoms with van der Waals surface area (Å²) in [6, 6.07) is 7.56. The van der Waals surface area contributed by atoms with Crippen LogP contribution >= 0.6 is 11.6 Å². The molecule has 2 nitrogen and oxygen atoms in total. The van der Waals surface area contributed by atoms with E-state index in [1.165, 1.54) is 0 Å². The Morgan fingerprint density at radius 2 is 2.21 bits per heavy atom. The van der Waals surface area contributed by atoms with Crippen molar-refractivity contribution in [1.82, 2.24) is 0 Å². The Hall–Kier alpha value is -1.46. The molecule has 0 unspecified atom stereocenters. The van der Waals surface area contributed by atoms with Gasteiger partial charge in [-0.25, -0.2) is 0 Å². The van der Waals surface area contributed by atoms with Crippen LogP contribution in [0.3, 0.4) is 0 Å². The van der Waals surface area contributed by atoms with E-state index in [1.54, 1.807) is 0 Å². The van der Waals surface area contributed by atoms with Crippen LogP contribution in [-0.4, -0.2) is 12.1 Å². The lowest BCUT2D eigenvalue weighted by Crippen LogP contribution is -2.25. The van der Waals surface area contributed by atoms with Crippen LogP contribution in [0, 0.1) is 35.5 Å². The summed E-state index contributed by atoms with van der Waals surface area (Å²) in [5, 5.41) is 0.701. The molecule has 3 fully saturated rings. The average molecular weight is 273 g/mol. The molecule has 0 aromatic heterocycles. The summed E-state index contributed by atoms with van der Waals surface area (Å²) in [5.41, 5.74) is 0.927. The van der Waals surface area contributed by atoms with Gasteiger partial charge in [0.2, 0.25) is 0 Å². The van der Waals surface area contributed by atoms with Gasteiger partial charge in [-0.15, -0.1) is 0 Å². The minimum absolute atomic E-state index is 0.00422. The van der Waals surface area contributed by atoms with Crippen LogP contribution in [0.5, 0.6) is 0 Å². The third-order valence-electron chi connectivity index (χ3n) is 4.69. The predicted octanol–water partition coefficient (Wildman–Crippen LogP) is 2.89. The van der Waals surface area contributed by atoms with E-state index in [0.29, 0.717) is 16.9 Å². The second kappa shape index (κ2) is 4.02. The Morgan fingerprint density at radius 3 is 3.05 bits per heavy atom. The van der Waals surface area contributed by atoms with E-state index in [-0.39, 0.29) is 23.9 Å². The third kappa shape index (κ3) is 1.69. The maximum Gasteiger partial charge on any atom is 0.309 e. The number of halogens is 1. The molecule has 4 rings (SSSR count). The van der Waals surface area contributed by atoms with Crippen molar-refractivity contribution in [3.63, 3.8) is 0 Å². The first kappa shape index (κ1) is 11.4. The zero-order valence-electron chi connectivity index (χ0n) is 10.3. The van der Waals surface area contributed by atoms with Crippen molar-refractivity contribution < 1.29 is 9.53 Å². The second-order valence-corrected chi connectivity index (χ2v) is 6.15. The molecule has 1 aromatic carbocycles. The fraction of sp³-hybridized carbons (Fsp3) is 0.438. The van der Waals surface area contributed by atoms with E-state index in [1.807, 2.05) is 24.3 Å². The highest BCUT2D eigenvalue weighted by Crippen LogP contribution is 2.57. The molecule has 3 aliphatic rings. The van der Waals surface area contributed by atoms with E-state index in [2.05, 4.69) is 11.8 Å². The Bertz CT molecular complexity index is 613. The summed E-state index contributed by atoms with van der Waals surface area (Å²) >= 11 is 5.95. The molecule has 1 aliphatic heterocycles. The van der Waals surface area contributed by atoms with E-state index < -0.39 is 0 Å². The molecule has 2 bridgehead atoms. The number of carbonyl (C=O) groups is 1. The Morgan fingerprint density at radius 1 is 1.32 bits per heavy atom. The number of hydrogen-bond donors (Lipinski definition) is 0. The van der Waals surface area contributed by atoms with Crippen molar-refractivity contribution in [2.75, 3.05) is 0 Å². The SMILES string of the molecule is O=C1O[C@H]2[C@H](C#Cc3cccc(Cl)c3)[C@@H]3C[C@H]2[C@H]1C3. The van der Waals surface area contributed by atoms with Gasteiger partial charge in [-0.2, -0.15) is 0 Å². The number of carbonyl (C=O) groups excluding carboxylic acids is 1. The molecular formula is C16H13ClO2. The highest BCUT2D eigenvalue weighted by Gasteiger charge is 2.61. The van der Waals surface area contributed by atoms with Gasteiger partial charge in [0.05, 0.1) is 11.8 Å². The van der Waals surface area contributed by atoms with Crippen LogP contribution in [0.1, 0.15) is 18.4 Å². The van der Waals surface area contributed by atoms with E-state index in [0.717, 1.165) is 18.4 Å². The molecule has 0 spiro atoms. The normalized spacial score (nSPS) is 37.9. The second-order valence-electron chi connectivity index (χ2n) is 5.71. The van der Waals surface area contributed by atoms with Crippen LogP contribution in [0.2, 0.25) is 5.02 Å².